The fourth-order valence-corrected chi connectivity index (χ4v) is 1.57. The van der Waals surface area contributed by atoms with Crippen molar-refractivity contribution in [2.75, 3.05) is 5.33 Å². The van der Waals surface area contributed by atoms with Crippen LogP contribution in [-0.2, 0) is 0 Å². The summed E-state index contributed by atoms with van der Waals surface area (Å²) in [5, 5.41) is 9.44. The first-order valence-electron chi connectivity index (χ1n) is 4.29. The van der Waals surface area contributed by atoms with Gasteiger partial charge in [-0.15, -0.1) is 0 Å². The van der Waals surface area contributed by atoms with Crippen LogP contribution in [0.4, 0.5) is 0 Å². The zero-order chi connectivity index (χ0) is 10.6. The normalized spacial score (nSPS) is 9.50. The van der Waals surface area contributed by atoms with Crippen LogP contribution in [0.5, 0.6) is 0 Å². The lowest BCUT2D eigenvalue weighted by Crippen LogP contribution is -2.03. The van der Waals surface area contributed by atoms with E-state index in [-0.39, 0.29) is 5.78 Å². The van der Waals surface area contributed by atoms with Gasteiger partial charge in [-0.05, 0) is 19.1 Å². The van der Waals surface area contributed by atoms with Crippen molar-refractivity contribution in [1.82, 2.24) is 0 Å². The van der Waals surface area contributed by atoms with Gasteiger partial charge in [-0.25, -0.2) is 0 Å². The first-order valence-corrected chi connectivity index (χ1v) is 5.41. The second-order valence-corrected chi connectivity index (χ2v) is 3.82. The van der Waals surface area contributed by atoms with Gasteiger partial charge in [0, 0.05) is 17.3 Å². The number of Topliss-reactive ketones (excluding diaryl/α,β-unsaturated/α-hetero) is 1. The molecule has 1 aromatic carbocycles. The van der Waals surface area contributed by atoms with E-state index in [9.17, 15) is 4.79 Å². The summed E-state index contributed by atoms with van der Waals surface area (Å²) in [7, 11) is 0. The molecule has 0 spiro atoms. The molecule has 1 aromatic rings. The van der Waals surface area contributed by atoms with Crippen molar-refractivity contribution in [2.45, 2.75) is 13.3 Å². The molecule has 0 N–H and O–H groups in total. The molecule has 14 heavy (non-hydrogen) atoms. The summed E-state index contributed by atoms with van der Waals surface area (Å²) in [6.07, 6.45) is 0.429. The van der Waals surface area contributed by atoms with Crippen molar-refractivity contribution in [3.05, 3.63) is 34.9 Å². The smallest absolute Gasteiger partial charge is 0.165 e. The van der Waals surface area contributed by atoms with Gasteiger partial charge in [0.1, 0.15) is 0 Å². The Morgan fingerprint density at radius 3 is 2.86 bits per heavy atom. The molecule has 3 heteroatoms. The second-order valence-electron chi connectivity index (χ2n) is 3.02. The molecule has 0 aliphatic heterocycles. The van der Waals surface area contributed by atoms with Gasteiger partial charge < -0.3 is 0 Å². The molecule has 0 saturated heterocycles. The highest BCUT2D eigenvalue weighted by Gasteiger charge is 2.10. The van der Waals surface area contributed by atoms with Gasteiger partial charge >= 0.3 is 0 Å². The van der Waals surface area contributed by atoms with Crippen LogP contribution >= 0.6 is 15.9 Å². The minimum absolute atomic E-state index is 0.0159. The van der Waals surface area contributed by atoms with E-state index < -0.39 is 0 Å². The average molecular weight is 252 g/mol. The topological polar surface area (TPSA) is 40.9 Å². The van der Waals surface area contributed by atoms with Crippen LogP contribution in [0.15, 0.2) is 18.2 Å². The number of rotatable bonds is 3. The zero-order valence-electron chi connectivity index (χ0n) is 7.88. The van der Waals surface area contributed by atoms with Gasteiger partial charge in [-0.1, -0.05) is 27.6 Å². The Balaban J connectivity index is 3.12. The molecule has 0 fully saturated rings. The number of benzene rings is 1. The van der Waals surface area contributed by atoms with Gasteiger partial charge in [0.15, 0.2) is 5.78 Å². The first kappa shape index (κ1) is 10.9. The number of ketones is 1. The number of hydrogen-bond acceptors (Lipinski definition) is 2. The van der Waals surface area contributed by atoms with Gasteiger partial charge in [0.05, 0.1) is 11.6 Å². The van der Waals surface area contributed by atoms with Crippen molar-refractivity contribution in [2.24, 2.45) is 0 Å². The van der Waals surface area contributed by atoms with E-state index in [1.165, 1.54) is 0 Å². The maximum absolute atomic E-state index is 11.6. The zero-order valence-corrected chi connectivity index (χ0v) is 9.47. The van der Waals surface area contributed by atoms with E-state index in [0.717, 1.165) is 5.56 Å². The molecule has 0 amide bonds. The Morgan fingerprint density at radius 1 is 1.57 bits per heavy atom. The van der Waals surface area contributed by atoms with Crippen LogP contribution in [0.1, 0.15) is 27.9 Å². The van der Waals surface area contributed by atoms with E-state index in [0.29, 0.717) is 22.9 Å². The third kappa shape index (κ3) is 2.43. The van der Waals surface area contributed by atoms with E-state index in [1.54, 1.807) is 12.1 Å². The number of alkyl halides is 1. The highest BCUT2D eigenvalue weighted by Crippen LogP contribution is 2.13. The first-order chi connectivity index (χ1) is 6.69. The number of carbonyl (C=O) groups is 1. The molecule has 0 radical (unpaired) electrons. The molecule has 0 aliphatic rings. The highest BCUT2D eigenvalue weighted by molar-refractivity contribution is 9.09. The van der Waals surface area contributed by atoms with Gasteiger partial charge in [0.25, 0.3) is 0 Å². The maximum Gasteiger partial charge on any atom is 0.165 e. The quantitative estimate of drug-likeness (QED) is 0.613. The molecule has 2 nitrogen and oxygen atoms in total. The standard InChI is InChI=1S/C11H10BrNO/c1-8-2-3-9(7-13)10(6-8)11(14)4-5-12/h2-3,6H,4-5H2,1H3. The van der Waals surface area contributed by atoms with Crippen LogP contribution in [0.2, 0.25) is 0 Å². The molecule has 0 unspecified atom stereocenters. The summed E-state index contributed by atoms with van der Waals surface area (Å²) in [5.74, 6) is 0.0159. The second kappa shape index (κ2) is 4.92. The number of halogens is 1. The fourth-order valence-electron chi connectivity index (χ4n) is 1.21. The molecule has 0 aliphatic carbocycles. The monoisotopic (exact) mass is 251 g/mol. The molecule has 0 bridgehead atoms. The summed E-state index contributed by atoms with van der Waals surface area (Å²) < 4.78 is 0. The average Bonchev–Trinajstić information content (AvgIpc) is 2.18. The van der Waals surface area contributed by atoms with Crippen molar-refractivity contribution < 1.29 is 4.79 Å². The number of nitriles is 1. The summed E-state index contributed by atoms with van der Waals surface area (Å²) in [6.45, 7) is 1.91. The molecule has 0 heterocycles. The lowest BCUT2D eigenvalue weighted by Gasteiger charge is -2.02. The van der Waals surface area contributed by atoms with Gasteiger partial charge in [0.2, 0.25) is 0 Å². The van der Waals surface area contributed by atoms with E-state index in [1.807, 2.05) is 19.1 Å². The van der Waals surface area contributed by atoms with Crippen LogP contribution < -0.4 is 0 Å². The summed E-state index contributed by atoms with van der Waals surface area (Å²) in [5.41, 5.74) is 2.00. The number of carbonyl (C=O) groups excluding carboxylic acids is 1. The Bertz CT molecular complexity index is 393. The number of nitrogens with zero attached hydrogens (tertiary/aromatic N) is 1. The predicted octanol–water partition coefficient (Wildman–Crippen LogP) is 2.83. The summed E-state index contributed by atoms with van der Waals surface area (Å²) in [6, 6.07) is 7.32. The highest BCUT2D eigenvalue weighted by atomic mass is 79.9. The Morgan fingerprint density at radius 2 is 2.29 bits per heavy atom. The van der Waals surface area contributed by atoms with Crippen molar-refractivity contribution >= 4 is 21.7 Å². The lowest BCUT2D eigenvalue weighted by molar-refractivity contribution is 0.0989. The van der Waals surface area contributed by atoms with E-state index in [4.69, 9.17) is 5.26 Å². The molecule has 0 aromatic heterocycles. The lowest BCUT2D eigenvalue weighted by atomic mass is 10.0. The van der Waals surface area contributed by atoms with Crippen LogP contribution in [0.25, 0.3) is 0 Å². The predicted molar refractivity (Wildman–Crippen MR) is 58.6 cm³/mol. The van der Waals surface area contributed by atoms with Crippen molar-refractivity contribution in [1.29, 1.82) is 5.26 Å². The maximum atomic E-state index is 11.6. The molecule has 1 rings (SSSR count). The van der Waals surface area contributed by atoms with Crippen molar-refractivity contribution in [3.63, 3.8) is 0 Å². The number of hydrogen-bond donors (Lipinski definition) is 0. The number of aryl methyl sites for hydroxylation is 1. The largest absolute Gasteiger partial charge is 0.294 e. The van der Waals surface area contributed by atoms with Gasteiger partial charge in [-0.3, -0.25) is 4.79 Å². The molecule has 72 valence electrons. The van der Waals surface area contributed by atoms with Crippen LogP contribution in [0.3, 0.4) is 0 Å². The van der Waals surface area contributed by atoms with E-state index in [2.05, 4.69) is 15.9 Å². The van der Waals surface area contributed by atoms with Crippen molar-refractivity contribution in [3.8, 4) is 6.07 Å². The SMILES string of the molecule is Cc1ccc(C#N)c(C(=O)CCBr)c1. The third-order valence-corrected chi connectivity index (χ3v) is 2.31. The summed E-state index contributed by atoms with van der Waals surface area (Å²) >= 11 is 3.21. The Kier molecular flexibility index (Phi) is 3.84. The minimum atomic E-state index is 0.0159. The Hall–Kier alpha value is -1.14. The van der Waals surface area contributed by atoms with Crippen LogP contribution in [0, 0.1) is 18.3 Å². The van der Waals surface area contributed by atoms with E-state index >= 15 is 0 Å². The molecular weight excluding hydrogens is 242 g/mol. The van der Waals surface area contributed by atoms with Crippen LogP contribution in [-0.4, -0.2) is 11.1 Å². The Labute approximate surface area is 91.7 Å². The summed E-state index contributed by atoms with van der Waals surface area (Å²) in [4.78, 5) is 11.6. The molecule has 0 atom stereocenters. The third-order valence-electron chi connectivity index (χ3n) is 1.92. The molecular formula is C11H10BrNO. The van der Waals surface area contributed by atoms with Gasteiger partial charge in [-0.2, -0.15) is 5.26 Å². The minimum Gasteiger partial charge on any atom is -0.294 e. The fraction of sp³-hybridized carbons (Fsp3) is 0.273. The molecule has 0 saturated carbocycles.